The molecule has 5 atom stereocenters. The van der Waals surface area contributed by atoms with Crippen molar-refractivity contribution in [2.45, 2.75) is 63.7 Å². The Labute approximate surface area is 300 Å². The molecule has 1 aliphatic rings. The first-order valence-electron chi connectivity index (χ1n) is 17.5. The van der Waals surface area contributed by atoms with Crippen LogP contribution in [0, 0.1) is 0 Å². The Morgan fingerprint density at radius 3 is 2.08 bits per heavy atom. The predicted molar refractivity (Wildman–Crippen MR) is 199 cm³/mol. The second kappa shape index (κ2) is 17.4. The number of nitrogens with one attached hydrogen (secondary N) is 2. The number of hydrogen-bond acceptors (Lipinski definition) is 6. The Balaban J connectivity index is 1.16. The lowest BCUT2D eigenvalue weighted by atomic mass is 9.97. The summed E-state index contributed by atoms with van der Waals surface area (Å²) < 4.78 is 13.3. The normalized spacial score (nSPS) is 18.6. The summed E-state index contributed by atoms with van der Waals surface area (Å²) in [5.74, 6) is 0. The highest BCUT2D eigenvalue weighted by molar-refractivity contribution is 5.74. The number of ether oxygens (including phenoxy) is 2. The Morgan fingerprint density at radius 1 is 0.745 bits per heavy atom. The Bertz CT molecular complexity index is 1840. The molecule has 0 aliphatic carbocycles. The Kier molecular flexibility index (Phi) is 12.3. The smallest absolute Gasteiger partial charge is 0.315 e. The quantitative estimate of drug-likeness (QED) is 0.103. The van der Waals surface area contributed by atoms with E-state index in [4.69, 9.17) is 9.47 Å². The SMILES string of the molecule is C[C@@H]([C@H](O)c1ccccc1)N(C)C[C@H]1C[C@@H](c2ccc(CO)cc2)O[C@@H](c2cccc(-c3cccc(CNC(=O)NCc4ccccc4)c3)c2)O1. The number of aliphatic hydroxyl groups is 2. The molecule has 6 rings (SSSR count). The molecule has 51 heavy (non-hydrogen) atoms. The highest BCUT2D eigenvalue weighted by atomic mass is 16.7. The average Bonchev–Trinajstić information content (AvgIpc) is 3.19. The number of nitrogens with zero attached hydrogens (tertiary/aromatic N) is 1. The molecule has 5 aromatic rings. The fourth-order valence-electron chi connectivity index (χ4n) is 6.44. The zero-order valence-electron chi connectivity index (χ0n) is 29.2. The van der Waals surface area contributed by atoms with Gasteiger partial charge in [-0.3, -0.25) is 4.90 Å². The molecule has 1 fully saturated rings. The third kappa shape index (κ3) is 9.70. The molecule has 0 radical (unpaired) electrons. The largest absolute Gasteiger partial charge is 0.392 e. The molecule has 5 aromatic carbocycles. The first-order valence-corrected chi connectivity index (χ1v) is 17.5. The van der Waals surface area contributed by atoms with Gasteiger partial charge in [0.1, 0.15) is 0 Å². The summed E-state index contributed by atoms with van der Waals surface area (Å²) in [7, 11) is 2.02. The molecule has 264 valence electrons. The molecule has 0 aromatic heterocycles. The van der Waals surface area contributed by atoms with E-state index in [1.165, 1.54) is 0 Å². The van der Waals surface area contributed by atoms with Crippen molar-refractivity contribution in [2.24, 2.45) is 0 Å². The van der Waals surface area contributed by atoms with Gasteiger partial charge in [-0.2, -0.15) is 0 Å². The van der Waals surface area contributed by atoms with Crippen molar-refractivity contribution >= 4 is 6.03 Å². The number of hydrogen-bond donors (Lipinski definition) is 4. The van der Waals surface area contributed by atoms with Gasteiger partial charge in [0.05, 0.1) is 24.9 Å². The average molecular weight is 686 g/mol. The van der Waals surface area contributed by atoms with Crippen molar-refractivity contribution in [1.82, 2.24) is 15.5 Å². The summed E-state index contributed by atoms with van der Waals surface area (Å²) in [6.45, 7) is 3.48. The maximum atomic E-state index is 12.5. The van der Waals surface area contributed by atoms with Crippen LogP contribution in [-0.4, -0.2) is 46.9 Å². The van der Waals surface area contributed by atoms with Gasteiger partial charge in [-0.15, -0.1) is 0 Å². The second-order valence-electron chi connectivity index (χ2n) is 13.2. The van der Waals surface area contributed by atoms with Gasteiger partial charge in [0, 0.05) is 37.7 Å². The van der Waals surface area contributed by atoms with Crippen LogP contribution in [0.3, 0.4) is 0 Å². The van der Waals surface area contributed by atoms with Gasteiger partial charge in [-0.1, -0.05) is 121 Å². The van der Waals surface area contributed by atoms with Crippen LogP contribution < -0.4 is 10.6 Å². The van der Waals surface area contributed by atoms with Gasteiger partial charge in [-0.25, -0.2) is 4.79 Å². The number of benzene rings is 5. The van der Waals surface area contributed by atoms with E-state index in [1.54, 1.807) is 0 Å². The predicted octanol–water partition coefficient (Wildman–Crippen LogP) is 7.44. The lowest BCUT2D eigenvalue weighted by molar-refractivity contribution is -0.253. The summed E-state index contributed by atoms with van der Waals surface area (Å²) in [5, 5.41) is 26.6. The number of amides is 2. The Morgan fingerprint density at radius 2 is 1.37 bits per heavy atom. The molecule has 0 spiro atoms. The highest BCUT2D eigenvalue weighted by Crippen LogP contribution is 2.39. The standard InChI is InChI=1S/C43H47N3O5/c1-30(41(48)35-14-7-4-8-15-35)46(2)28-39-25-40(34-21-19-32(29-47)20-22-34)51-42(50-39)38-18-10-17-37(24-38)36-16-9-13-33(23-36)27-45-43(49)44-26-31-11-5-3-6-12-31/h3-24,30,39-42,47-48H,25-29H2,1-2H3,(H2,44,45,49)/t30-,39+,40-,41-,42-/m0/s1. The fraction of sp³-hybridized carbons (Fsp3) is 0.279. The molecule has 1 heterocycles. The summed E-state index contributed by atoms with van der Waals surface area (Å²) in [4.78, 5) is 14.6. The highest BCUT2D eigenvalue weighted by Gasteiger charge is 2.34. The van der Waals surface area contributed by atoms with Crippen LogP contribution >= 0.6 is 0 Å². The number of carbonyl (C=O) groups is 1. The lowest BCUT2D eigenvalue weighted by Crippen LogP contribution is -2.43. The van der Waals surface area contributed by atoms with Crippen molar-refractivity contribution < 1.29 is 24.5 Å². The van der Waals surface area contributed by atoms with E-state index >= 15 is 0 Å². The zero-order valence-corrected chi connectivity index (χ0v) is 29.2. The van der Waals surface area contributed by atoms with E-state index in [-0.39, 0.29) is 30.9 Å². The molecule has 4 N–H and O–H groups in total. The zero-order chi connectivity index (χ0) is 35.6. The maximum Gasteiger partial charge on any atom is 0.315 e. The maximum absolute atomic E-state index is 12.5. The second-order valence-corrected chi connectivity index (χ2v) is 13.2. The molecule has 0 bridgehead atoms. The van der Waals surface area contributed by atoms with Gasteiger partial charge < -0.3 is 30.3 Å². The van der Waals surface area contributed by atoms with Gasteiger partial charge in [-0.05, 0) is 65.0 Å². The molecule has 8 heteroatoms. The van der Waals surface area contributed by atoms with E-state index in [0.717, 1.165) is 44.5 Å². The van der Waals surface area contributed by atoms with E-state index in [1.807, 2.05) is 123 Å². The van der Waals surface area contributed by atoms with Crippen LogP contribution in [0.1, 0.15) is 65.2 Å². The summed E-state index contributed by atoms with van der Waals surface area (Å²) in [6.07, 6.45) is -1.02. The first kappa shape index (κ1) is 36.0. The van der Waals surface area contributed by atoms with E-state index in [0.29, 0.717) is 26.1 Å². The third-order valence-corrected chi connectivity index (χ3v) is 9.57. The minimum absolute atomic E-state index is 0.0158. The van der Waals surface area contributed by atoms with Gasteiger partial charge >= 0.3 is 6.03 Å². The number of rotatable bonds is 13. The van der Waals surface area contributed by atoms with Gasteiger partial charge in [0.2, 0.25) is 0 Å². The van der Waals surface area contributed by atoms with Crippen molar-refractivity contribution in [3.63, 3.8) is 0 Å². The molecule has 1 aliphatic heterocycles. The minimum atomic E-state index is -0.639. The van der Waals surface area contributed by atoms with Gasteiger partial charge in [0.15, 0.2) is 6.29 Å². The molecule has 1 saturated heterocycles. The third-order valence-electron chi connectivity index (χ3n) is 9.57. The van der Waals surface area contributed by atoms with Crippen molar-refractivity contribution in [2.75, 3.05) is 13.6 Å². The van der Waals surface area contributed by atoms with E-state index in [2.05, 4.69) is 39.8 Å². The topological polar surface area (TPSA) is 103 Å². The van der Waals surface area contributed by atoms with E-state index in [9.17, 15) is 15.0 Å². The molecule has 0 unspecified atom stereocenters. The molecular weight excluding hydrogens is 638 g/mol. The van der Waals surface area contributed by atoms with Crippen molar-refractivity contribution in [1.29, 1.82) is 0 Å². The summed E-state index contributed by atoms with van der Waals surface area (Å²) >= 11 is 0. The van der Waals surface area contributed by atoms with Crippen LogP contribution in [0.5, 0.6) is 0 Å². The van der Waals surface area contributed by atoms with Crippen molar-refractivity contribution in [3.8, 4) is 11.1 Å². The number of aliphatic hydroxyl groups excluding tert-OH is 2. The van der Waals surface area contributed by atoms with Crippen LogP contribution in [0.15, 0.2) is 133 Å². The molecule has 0 saturated carbocycles. The number of urea groups is 1. The molecule has 8 nitrogen and oxygen atoms in total. The van der Waals surface area contributed by atoms with Gasteiger partial charge in [0.25, 0.3) is 0 Å². The summed E-state index contributed by atoms with van der Waals surface area (Å²) in [5.41, 5.74) is 7.71. The molecule has 2 amide bonds. The van der Waals surface area contributed by atoms with Crippen LogP contribution in [0.25, 0.3) is 11.1 Å². The number of carbonyl (C=O) groups excluding carboxylic acids is 1. The lowest BCUT2D eigenvalue weighted by Gasteiger charge is -2.39. The fourth-order valence-corrected chi connectivity index (χ4v) is 6.44. The molecular formula is C43H47N3O5. The van der Waals surface area contributed by atoms with Crippen LogP contribution in [0.4, 0.5) is 4.79 Å². The number of likely N-dealkylation sites (N-methyl/N-ethyl adjacent to an activating group) is 1. The van der Waals surface area contributed by atoms with Crippen LogP contribution in [0.2, 0.25) is 0 Å². The Hall–Kier alpha value is -4.83. The van der Waals surface area contributed by atoms with E-state index < -0.39 is 12.4 Å². The monoisotopic (exact) mass is 685 g/mol. The first-order chi connectivity index (χ1) is 24.9. The van der Waals surface area contributed by atoms with Crippen LogP contribution in [-0.2, 0) is 29.2 Å². The summed E-state index contributed by atoms with van der Waals surface area (Å²) in [6, 6.07) is 43.4. The van der Waals surface area contributed by atoms with Crippen molar-refractivity contribution in [3.05, 3.63) is 167 Å². The minimum Gasteiger partial charge on any atom is -0.392 e.